The van der Waals surface area contributed by atoms with E-state index >= 15 is 0 Å². The summed E-state index contributed by atoms with van der Waals surface area (Å²) in [6.45, 7) is 3.67. The minimum Gasteiger partial charge on any atom is -0.462 e. The van der Waals surface area contributed by atoms with Crippen LogP contribution in [0.5, 0.6) is 0 Å². The van der Waals surface area contributed by atoms with Crippen molar-refractivity contribution in [1.29, 1.82) is 0 Å². The quantitative estimate of drug-likeness (QED) is 0.236. The minimum absolute atomic E-state index is 0.0557. The summed E-state index contributed by atoms with van der Waals surface area (Å²) in [6, 6.07) is 5.66. The standard InChI is InChI=1S/C24H26N2O7S/c1-3-18(33-20(27)14-11-15-9-12-16(13-10-15)26(30)31)22(28)25-23-21(24(29)32-4-2)17-7-5-6-8-19(17)34-23/h9-14,18H,3-8H2,1-2H3,(H,25,28)/b14-11+. The van der Waals surface area contributed by atoms with E-state index in [2.05, 4.69) is 5.32 Å². The lowest BCUT2D eigenvalue weighted by Crippen LogP contribution is -2.31. The van der Waals surface area contributed by atoms with E-state index in [1.807, 2.05) is 0 Å². The molecule has 0 spiro atoms. The van der Waals surface area contributed by atoms with Gasteiger partial charge in [0.2, 0.25) is 0 Å². The fourth-order valence-corrected chi connectivity index (χ4v) is 4.92. The van der Waals surface area contributed by atoms with Crippen molar-refractivity contribution in [3.05, 3.63) is 62.0 Å². The molecule has 3 rings (SSSR count). The van der Waals surface area contributed by atoms with Crippen LogP contribution in [0.25, 0.3) is 6.08 Å². The van der Waals surface area contributed by atoms with Crippen LogP contribution in [-0.4, -0.2) is 35.5 Å². The molecule has 10 heteroatoms. The summed E-state index contributed by atoms with van der Waals surface area (Å²) < 4.78 is 10.5. The van der Waals surface area contributed by atoms with Gasteiger partial charge in [-0.3, -0.25) is 14.9 Å². The molecule has 9 nitrogen and oxygen atoms in total. The molecule has 180 valence electrons. The molecule has 1 aromatic heterocycles. The van der Waals surface area contributed by atoms with E-state index in [0.29, 0.717) is 16.1 Å². The van der Waals surface area contributed by atoms with E-state index < -0.39 is 28.9 Å². The lowest BCUT2D eigenvalue weighted by molar-refractivity contribution is -0.384. The van der Waals surface area contributed by atoms with Crippen molar-refractivity contribution in [2.75, 3.05) is 11.9 Å². The number of carbonyl (C=O) groups excluding carboxylic acids is 3. The van der Waals surface area contributed by atoms with Crippen molar-refractivity contribution >= 4 is 45.9 Å². The average Bonchev–Trinajstić information content (AvgIpc) is 3.19. The number of ether oxygens (including phenoxy) is 2. The summed E-state index contributed by atoms with van der Waals surface area (Å²) >= 11 is 1.37. The number of esters is 2. The van der Waals surface area contributed by atoms with Gasteiger partial charge < -0.3 is 14.8 Å². The Balaban J connectivity index is 1.68. The first-order chi connectivity index (χ1) is 16.3. The van der Waals surface area contributed by atoms with Crippen molar-refractivity contribution in [3.63, 3.8) is 0 Å². The Hall–Kier alpha value is -3.53. The number of aryl methyl sites for hydroxylation is 1. The van der Waals surface area contributed by atoms with Crippen LogP contribution >= 0.6 is 11.3 Å². The molecular formula is C24H26N2O7S. The third-order valence-electron chi connectivity index (χ3n) is 5.33. The zero-order chi connectivity index (χ0) is 24.7. The summed E-state index contributed by atoms with van der Waals surface area (Å²) in [5.74, 6) is -1.71. The Morgan fingerprint density at radius 2 is 1.88 bits per heavy atom. The highest BCUT2D eigenvalue weighted by atomic mass is 32.1. The van der Waals surface area contributed by atoms with Crippen LogP contribution in [-0.2, 0) is 31.9 Å². The summed E-state index contributed by atoms with van der Waals surface area (Å²) in [6.07, 6.45) is 5.40. The highest BCUT2D eigenvalue weighted by Gasteiger charge is 2.29. The topological polar surface area (TPSA) is 125 Å². The number of nitro groups is 1. The number of nitrogens with zero attached hydrogens (tertiary/aromatic N) is 1. The fraction of sp³-hybridized carbons (Fsp3) is 0.375. The molecule has 0 saturated heterocycles. The third-order valence-corrected chi connectivity index (χ3v) is 6.53. The predicted molar refractivity (Wildman–Crippen MR) is 128 cm³/mol. The molecule has 0 saturated carbocycles. The van der Waals surface area contributed by atoms with Gasteiger partial charge in [-0.05, 0) is 68.4 Å². The number of rotatable bonds is 9. The van der Waals surface area contributed by atoms with Gasteiger partial charge in [-0.2, -0.15) is 0 Å². The maximum atomic E-state index is 12.9. The zero-order valence-corrected chi connectivity index (χ0v) is 19.8. The highest BCUT2D eigenvalue weighted by Crippen LogP contribution is 2.38. The van der Waals surface area contributed by atoms with Crippen LogP contribution in [0.3, 0.4) is 0 Å². The zero-order valence-electron chi connectivity index (χ0n) is 19.0. The summed E-state index contributed by atoms with van der Waals surface area (Å²) in [5.41, 5.74) is 1.85. The lowest BCUT2D eigenvalue weighted by atomic mass is 9.95. The summed E-state index contributed by atoms with van der Waals surface area (Å²) in [7, 11) is 0. The largest absolute Gasteiger partial charge is 0.462 e. The highest BCUT2D eigenvalue weighted by molar-refractivity contribution is 7.17. The van der Waals surface area contributed by atoms with Gasteiger partial charge in [0.1, 0.15) is 5.00 Å². The van der Waals surface area contributed by atoms with Crippen LogP contribution in [0.1, 0.15) is 59.5 Å². The first-order valence-corrected chi connectivity index (χ1v) is 11.9. The van der Waals surface area contributed by atoms with Crippen molar-refractivity contribution in [3.8, 4) is 0 Å². The number of benzene rings is 1. The number of anilines is 1. The summed E-state index contributed by atoms with van der Waals surface area (Å²) in [5, 5.41) is 13.9. The molecule has 0 bridgehead atoms. The molecule has 34 heavy (non-hydrogen) atoms. The maximum Gasteiger partial charge on any atom is 0.341 e. The van der Waals surface area contributed by atoms with E-state index in [1.54, 1.807) is 13.8 Å². The van der Waals surface area contributed by atoms with Gasteiger partial charge in [-0.25, -0.2) is 9.59 Å². The van der Waals surface area contributed by atoms with Crippen molar-refractivity contribution < 1.29 is 28.8 Å². The van der Waals surface area contributed by atoms with Gasteiger partial charge in [0, 0.05) is 23.1 Å². The first-order valence-electron chi connectivity index (χ1n) is 11.1. The van der Waals surface area contributed by atoms with Gasteiger partial charge in [-0.1, -0.05) is 6.92 Å². The Kier molecular flexibility index (Phi) is 8.53. The Morgan fingerprint density at radius 3 is 2.53 bits per heavy atom. The molecule has 1 aliphatic carbocycles. The number of carbonyl (C=O) groups is 3. The number of hydrogen-bond donors (Lipinski definition) is 1. The second-order valence-corrected chi connectivity index (χ2v) is 8.75. The van der Waals surface area contributed by atoms with Gasteiger partial charge in [-0.15, -0.1) is 11.3 Å². The molecule has 0 aliphatic heterocycles. The number of non-ortho nitro benzene ring substituents is 1. The van der Waals surface area contributed by atoms with Crippen molar-refractivity contribution in [2.45, 2.75) is 52.1 Å². The van der Waals surface area contributed by atoms with Gasteiger partial charge in [0.25, 0.3) is 11.6 Å². The monoisotopic (exact) mass is 486 g/mol. The number of nitro benzene ring substituents is 1. The SMILES string of the molecule is CCOC(=O)c1c(NC(=O)C(CC)OC(=O)/C=C/c2ccc([N+](=O)[O-])cc2)sc2c1CCCC2. The number of thiophene rings is 1. The maximum absolute atomic E-state index is 12.9. The van der Waals surface area contributed by atoms with Crippen LogP contribution in [0.4, 0.5) is 10.7 Å². The van der Waals surface area contributed by atoms with Crippen LogP contribution in [0.15, 0.2) is 30.3 Å². The van der Waals surface area contributed by atoms with Gasteiger partial charge >= 0.3 is 11.9 Å². The molecule has 0 radical (unpaired) electrons. The molecule has 0 fully saturated rings. The van der Waals surface area contributed by atoms with E-state index in [1.165, 1.54) is 41.7 Å². The number of hydrogen-bond acceptors (Lipinski definition) is 8. The third kappa shape index (κ3) is 6.07. The Labute approximate surface area is 200 Å². The molecule has 2 aromatic rings. The number of fused-ring (bicyclic) bond motifs is 1. The van der Waals surface area contributed by atoms with Crippen molar-refractivity contribution in [1.82, 2.24) is 0 Å². The van der Waals surface area contributed by atoms with E-state index in [-0.39, 0.29) is 18.7 Å². The molecule has 1 aliphatic rings. The number of amides is 1. The van der Waals surface area contributed by atoms with E-state index in [9.17, 15) is 24.5 Å². The van der Waals surface area contributed by atoms with Crippen LogP contribution in [0, 0.1) is 10.1 Å². The van der Waals surface area contributed by atoms with Gasteiger partial charge in [0.05, 0.1) is 17.1 Å². The molecular weight excluding hydrogens is 460 g/mol. The van der Waals surface area contributed by atoms with Crippen LogP contribution in [0.2, 0.25) is 0 Å². The lowest BCUT2D eigenvalue weighted by Gasteiger charge is -2.15. The average molecular weight is 487 g/mol. The van der Waals surface area contributed by atoms with Gasteiger partial charge in [0.15, 0.2) is 6.10 Å². The Morgan fingerprint density at radius 1 is 1.18 bits per heavy atom. The molecule has 1 heterocycles. The summed E-state index contributed by atoms with van der Waals surface area (Å²) in [4.78, 5) is 49.0. The second kappa shape index (κ2) is 11.6. The van der Waals surface area contributed by atoms with Crippen molar-refractivity contribution in [2.24, 2.45) is 0 Å². The van der Waals surface area contributed by atoms with E-state index in [4.69, 9.17) is 9.47 Å². The van der Waals surface area contributed by atoms with E-state index in [0.717, 1.165) is 42.2 Å². The van der Waals surface area contributed by atoms with Crippen LogP contribution < -0.4 is 5.32 Å². The molecule has 1 atom stereocenters. The smallest absolute Gasteiger partial charge is 0.341 e. The number of nitrogens with one attached hydrogen (secondary N) is 1. The minimum atomic E-state index is -1.05. The molecule has 1 amide bonds. The second-order valence-electron chi connectivity index (χ2n) is 7.64. The fourth-order valence-electron chi connectivity index (χ4n) is 3.64. The Bertz CT molecular complexity index is 1110. The molecule has 1 aromatic carbocycles. The molecule has 1 N–H and O–H groups in total. The first kappa shape index (κ1) is 25.1. The normalized spacial score (nSPS) is 13.7. The molecule has 1 unspecified atom stereocenters. The predicted octanol–water partition coefficient (Wildman–Crippen LogP) is 4.69.